The van der Waals surface area contributed by atoms with Gasteiger partial charge >= 0.3 is 0 Å². The number of aryl methyl sites for hydroxylation is 3. The highest BCUT2D eigenvalue weighted by Crippen LogP contribution is 2.25. The summed E-state index contributed by atoms with van der Waals surface area (Å²) >= 11 is 0. The van der Waals surface area contributed by atoms with E-state index >= 15 is 0 Å². The van der Waals surface area contributed by atoms with Gasteiger partial charge in [0.2, 0.25) is 11.8 Å². The standard InChI is InChI=1S/C31H39N3O4S/c1-7-29(31(36)32-22(2)3)33(20-26-14-8-23(4)9-15-26)30(35)21-34(27-16-10-24(5)11-17-27)39(37,38)28-18-12-25(6)13-19-28/h8-19,22,29H,7,20-21H2,1-6H3,(H,32,36)/t29-/m0/s1. The molecule has 1 atom stereocenters. The van der Waals surface area contributed by atoms with E-state index in [1.54, 1.807) is 36.4 Å². The van der Waals surface area contributed by atoms with Gasteiger partial charge in [-0.3, -0.25) is 13.9 Å². The smallest absolute Gasteiger partial charge is 0.264 e. The lowest BCUT2D eigenvalue weighted by atomic mass is 10.1. The fraction of sp³-hybridized carbons (Fsp3) is 0.355. The summed E-state index contributed by atoms with van der Waals surface area (Å²) in [5.74, 6) is -0.728. The molecule has 0 saturated heterocycles. The van der Waals surface area contributed by atoms with Crippen molar-refractivity contribution in [2.75, 3.05) is 10.8 Å². The molecule has 8 heteroatoms. The van der Waals surface area contributed by atoms with Gasteiger partial charge in [0.05, 0.1) is 10.6 Å². The lowest BCUT2D eigenvalue weighted by Gasteiger charge is -2.33. The molecule has 3 rings (SSSR count). The van der Waals surface area contributed by atoms with Crippen LogP contribution in [-0.4, -0.2) is 43.8 Å². The number of sulfonamides is 1. The summed E-state index contributed by atoms with van der Waals surface area (Å²) in [4.78, 5) is 28.8. The molecule has 0 spiro atoms. The van der Waals surface area contributed by atoms with Crippen LogP contribution in [0.25, 0.3) is 0 Å². The summed E-state index contributed by atoms with van der Waals surface area (Å²) < 4.78 is 28.9. The van der Waals surface area contributed by atoms with Crippen molar-refractivity contribution < 1.29 is 18.0 Å². The van der Waals surface area contributed by atoms with Crippen molar-refractivity contribution in [1.29, 1.82) is 0 Å². The molecule has 0 unspecified atom stereocenters. The van der Waals surface area contributed by atoms with Gasteiger partial charge in [0, 0.05) is 12.6 Å². The number of rotatable bonds is 11. The van der Waals surface area contributed by atoms with Crippen molar-refractivity contribution >= 4 is 27.5 Å². The van der Waals surface area contributed by atoms with Crippen LogP contribution >= 0.6 is 0 Å². The Kier molecular flexibility index (Phi) is 9.92. The topological polar surface area (TPSA) is 86.8 Å². The van der Waals surface area contributed by atoms with Crippen LogP contribution in [0.1, 0.15) is 49.4 Å². The highest BCUT2D eigenvalue weighted by molar-refractivity contribution is 7.92. The Hall–Kier alpha value is -3.65. The zero-order valence-electron chi connectivity index (χ0n) is 23.6. The van der Waals surface area contributed by atoms with Crippen molar-refractivity contribution in [3.63, 3.8) is 0 Å². The van der Waals surface area contributed by atoms with Gasteiger partial charge in [-0.2, -0.15) is 0 Å². The van der Waals surface area contributed by atoms with Gasteiger partial charge in [-0.15, -0.1) is 0 Å². The van der Waals surface area contributed by atoms with Crippen molar-refractivity contribution in [2.45, 2.75) is 71.5 Å². The molecule has 1 N–H and O–H groups in total. The first-order valence-electron chi connectivity index (χ1n) is 13.2. The minimum Gasteiger partial charge on any atom is -0.352 e. The van der Waals surface area contributed by atoms with Gasteiger partial charge in [0.1, 0.15) is 12.6 Å². The maximum atomic E-state index is 14.0. The Morgan fingerprint density at radius 3 is 1.77 bits per heavy atom. The number of carbonyl (C=O) groups excluding carboxylic acids is 2. The molecule has 0 aliphatic carbocycles. The molecular formula is C31H39N3O4S. The zero-order chi connectivity index (χ0) is 28.7. The highest BCUT2D eigenvalue weighted by Gasteiger charge is 2.33. The fourth-order valence-electron chi connectivity index (χ4n) is 4.27. The molecule has 0 bridgehead atoms. The SMILES string of the molecule is CC[C@@H](C(=O)NC(C)C)N(Cc1ccc(C)cc1)C(=O)CN(c1ccc(C)cc1)S(=O)(=O)c1ccc(C)cc1. The third-order valence-corrected chi connectivity index (χ3v) is 8.29. The fourth-order valence-corrected chi connectivity index (χ4v) is 5.68. The molecule has 3 aromatic carbocycles. The quantitative estimate of drug-likeness (QED) is 0.359. The first-order chi connectivity index (χ1) is 18.4. The second-order valence-electron chi connectivity index (χ2n) is 10.3. The summed E-state index contributed by atoms with van der Waals surface area (Å²) in [6.07, 6.45) is 0.380. The van der Waals surface area contributed by atoms with Gasteiger partial charge in [-0.1, -0.05) is 72.1 Å². The monoisotopic (exact) mass is 549 g/mol. The Bertz CT molecular complexity index is 1370. The lowest BCUT2D eigenvalue weighted by molar-refractivity contribution is -0.140. The molecule has 0 saturated carbocycles. The second-order valence-corrected chi connectivity index (χ2v) is 12.1. The Morgan fingerprint density at radius 2 is 1.28 bits per heavy atom. The van der Waals surface area contributed by atoms with Gasteiger partial charge in [-0.05, 0) is 70.9 Å². The van der Waals surface area contributed by atoms with Crippen molar-refractivity contribution in [3.05, 3.63) is 95.1 Å². The summed E-state index contributed by atoms with van der Waals surface area (Å²) in [5.41, 5.74) is 4.21. The zero-order valence-corrected chi connectivity index (χ0v) is 24.5. The van der Waals surface area contributed by atoms with Crippen LogP contribution in [0, 0.1) is 20.8 Å². The molecule has 0 fully saturated rings. The Morgan fingerprint density at radius 1 is 0.795 bits per heavy atom. The minimum absolute atomic E-state index is 0.0937. The molecule has 2 amide bonds. The van der Waals surface area contributed by atoms with Crippen molar-refractivity contribution in [1.82, 2.24) is 10.2 Å². The number of hydrogen-bond acceptors (Lipinski definition) is 4. The summed E-state index contributed by atoms with van der Waals surface area (Å²) in [7, 11) is -4.08. The van der Waals surface area contributed by atoms with E-state index in [4.69, 9.17) is 0 Å². The number of nitrogens with zero attached hydrogens (tertiary/aromatic N) is 2. The van der Waals surface area contributed by atoms with Crippen LogP contribution in [0.5, 0.6) is 0 Å². The van der Waals surface area contributed by atoms with E-state index in [0.717, 1.165) is 26.6 Å². The number of hydrogen-bond donors (Lipinski definition) is 1. The Labute approximate surface area is 232 Å². The van der Waals surface area contributed by atoms with E-state index < -0.39 is 28.5 Å². The lowest BCUT2D eigenvalue weighted by Crippen LogP contribution is -2.53. The molecule has 0 radical (unpaired) electrons. The van der Waals surface area contributed by atoms with Crippen LogP contribution in [0.3, 0.4) is 0 Å². The minimum atomic E-state index is -4.08. The highest BCUT2D eigenvalue weighted by atomic mass is 32.2. The largest absolute Gasteiger partial charge is 0.352 e. The average molecular weight is 550 g/mol. The van der Waals surface area contributed by atoms with Gasteiger partial charge < -0.3 is 10.2 Å². The number of amides is 2. The van der Waals surface area contributed by atoms with E-state index in [1.165, 1.54) is 4.90 Å². The number of anilines is 1. The molecule has 7 nitrogen and oxygen atoms in total. The predicted octanol–water partition coefficient (Wildman–Crippen LogP) is 5.14. The average Bonchev–Trinajstić information content (AvgIpc) is 2.88. The maximum absolute atomic E-state index is 14.0. The van der Waals surface area contributed by atoms with Gasteiger partial charge in [0.25, 0.3) is 10.0 Å². The molecule has 0 aliphatic heterocycles. The second kappa shape index (κ2) is 12.9. The van der Waals surface area contributed by atoms with Gasteiger partial charge in [-0.25, -0.2) is 8.42 Å². The van der Waals surface area contributed by atoms with Crippen LogP contribution in [0.4, 0.5) is 5.69 Å². The summed E-state index contributed by atoms with van der Waals surface area (Å²) in [6.45, 7) is 11.1. The third kappa shape index (κ3) is 7.69. The molecule has 0 aliphatic rings. The van der Waals surface area contributed by atoms with Crippen molar-refractivity contribution in [2.24, 2.45) is 0 Å². The molecule has 0 aromatic heterocycles. The van der Waals surface area contributed by atoms with Crippen molar-refractivity contribution in [3.8, 4) is 0 Å². The molecule has 39 heavy (non-hydrogen) atoms. The Balaban J connectivity index is 2.05. The first kappa shape index (κ1) is 29.9. The van der Waals surface area contributed by atoms with E-state index in [0.29, 0.717) is 12.1 Å². The van der Waals surface area contributed by atoms with E-state index in [2.05, 4.69) is 5.32 Å². The van der Waals surface area contributed by atoms with Gasteiger partial charge in [0.15, 0.2) is 0 Å². The molecule has 208 valence electrons. The van der Waals surface area contributed by atoms with Crippen LogP contribution in [-0.2, 0) is 26.2 Å². The molecule has 3 aromatic rings. The normalized spacial score (nSPS) is 12.2. The maximum Gasteiger partial charge on any atom is 0.264 e. The summed E-state index contributed by atoms with van der Waals surface area (Å²) in [6, 6.07) is 20.5. The van der Waals surface area contributed by atoms with Crippen LogP contribution in [0.2, 0.25) is 0 Å². The van der Waals surface area contributed by atoms with E-state index in [9.17, 15) is 18.0 Å². The van der Waals surface area contributed by atoms with E-state index in [1.807, 2.05) is 77.9 Å². The number of benzene rings is 3. The number of nitrogens with one attached hydrogen (secondary N) is 1. The molecule has 0 heterocycles. The third-order valence-electron chi connectivity index (χ3n) is 6.50. The van der Waals surface area contributed by atoms with E-state index in [-0.39, 0.29) is 23.4 Å². The molecular weight excluding hydrogens is 510 g/mol. The summed E-state index contributed by atoms with van der Waals surface area (Å²) in [5, 5.41) is 2.91. The number of carbonyl (C=O) groups is 2. The first-order valence-corrected chi connectivity index (χ1v) is 14.7. The van der Waals surface area contributed by atoms with Crippen LogP contribution in [0.15, 0.2) is 77.7 Å². The predicted molar refractivity (Wildman–Crippen MR) is 156 cm³/mol. The van der Waals surface area contributed by atoms with Crippen LogP contribution < -0.4 is 9.62 Å².